The molecule has 24 heavy (non-hydrogen) atoms. The molecule has 0 bridgehead atoms. The number of aliphatic imine (C=N–C) groups is 1. The molecule has 0 atom stereocenters. The highest BCUT2D eigenvalue weighted by molar-refractivity contribution is 6.18. The molecule has 2 aromatic carbocycles. The third-order valence-electron chi connectivity index (χ3n) is 3.79. The van der Waals surface area contributed by atoms with Crippen molar-refractivity contribution >= 4 is 28.6 Å². The quantitative estimate of drug-likeness (QED) is 0.443. The number of nitro groups is 1. The first kappa shape index (κ1) is 14.1. The predicted molar refractivity (Wildman–Crippen MR) is 92.4 cm³/mol. The van der Waals surface area contributed by atoms with Crippen LogP contribution in [0, 0.1) is 10.1 Å². The molecule has 0 radical (unpaired) electrons. The lowest BCUT2D eigenvalue weighted by atomic mass is 10.00. The van der Waals surface area contributed by atoms with Crippen LogP contribution in [0.25, 0.3) is 0 Å². The van der Waals surface area contributed by atoms with Crippen molar-refractivity contribution in [1.82, 2.24) is 4.98 Å². The number of pyridine rings is 1. The van der Waals surface area contributed by atoms with E-state index < -0.39 is 4.92 Å². The zero-order chi connectivity index (χ0) is 16.5. The van der Waals surface area contributed by atoms with E-state index in [1.54, 1.807) is 18.3 Å². The van der Waals surface area contributed by atoms with Gasteiger partial charge in [-0.2, -0.15) is 0 Å². The summed E-state index contributed by atoms with van der Waals surface area (Å²) in [6, 6.07) is 18.0. The van der Waals surface area contributed by atoms with E-state index in [9.17, 15) is 10.1 Å². The summed E-state index contributed by atoms with van der Waals surface area (Å²) in [6.45, 7) is 0. The van der Waals surface area contributed by atoms with Crippen LogP contribution >= 0.6 is 0 Å². The molecule has 0 saturated heterocycles. The van der Waals surface area contributed by atoms with Gasteiger partial charge in [0.25, 0.3) is 5.69 Å². The van der Waals surface area contributed by atoms with Gasteiger partial charge in [-0.1, -0.05) is 30.3 Å². The van der Waals surface area contributed by atoms with E-state index in [4.69, 9.17) is 4.99 Å². The van der Waals surface area contributed by atoms with Crippen LogP contribution in [-0.4, -0.2) is 15.6 Å². The fourth-order valence-electron chi connectivity index (χ4n) is 2.66. The maximum Gasteiger partial charge on any atom is 0.270 e. The lowest BCUT2D eigenvalue weighted by Crippen LogP contribution is -2.05. The summed E-state index contributed by atoms with van der Waals surface area (Å²) < 4.78 is 0. The van der Waals surface area contributed by atoms with E-state index in [0.29, 0.717) is 22.8 Å². The molecule has 1 aliphatic rings. The highest BCUT2D eigenvalue weighted by Gasteiger charge is 2.21. The number of benzene rings is 2. The van der Waals surface area contributed by atoms with E-state index in [1.807, 2.05) is 42.5 Å². The summed E-state index contributed by atoms with van der Waals surface area (Å²) in [7, 11) is 0. The molecule has 6 nitrogen and oxygen atoms in total. The zero-order valence-electron chi connectivity index (χ0n) is 12.5. The monoisotopic (exact) mass is 316 g/mol. The fourth-order valence-corrected chi connectivity index (χ4v) is 2.66. The van der Waals surface area contributed by atoms with Crippen molar-refractivity contribution in [3.05, 3.63) is 88.1 Å². The van der Waals surface area contributed by atoms with Crippen LogP contribution in [0.1, 0.15) is 11.1 Å². The van der Waals surface area contributed by atoms with Crippen LogP contribution < -0.4 is 5.32 Å². The average molecular weight is 316 g/mol. The minimum atomic E-state index is -0.404. The van der Waals surface area contributed by atoms with Gasteiger partial charge in [-0.15, -0.1) is 0 Å². The molecule has 6 heteroatoms. The van der Waals surface area contributed by atoms with E-state index in [2.05, 4.69) is 10.3 Å². The van der Waals surface area contributed by atoms with Crippen LogP contribution in [-0.2, 0) is 0 Å². The third kappa shape index (κ3) is 2.40. The van der Waals surface area contributed by atoms with Crippen LogP contribution in [0.3, 0.4) is 0 Å². The number of aromatic nitrogens is 1. The molecule has 2 heterocycles. The lowest BCUT2D eigenvalue weighted by molar-refractivity contribution is -0.384. The lowest BCUT2D eigenvalue weighted by Gasteiger charge is -2.10. The molecule has 116 valence electrons. The Balaban J connectivity index is 2.00. The number of nitrogens with zero attached hydrogens (tertiary/aromatic N) is 3. The van der Waals surface area contributed by atoms with E-state index in [0.717, 1.165) is 11.3 Å². The van der Waals surface area contributed by atoms with Gasteiger partial charge in [-0.05, 0) is 18.2 Å². The molecule has 0 saturated carbocycles. The number of non-ortho nitro benzene ring substituents is 1. The minimum absolute atomic E-state index is 0.0260. The van der Waals surface area contributed by atoms with Gasteiger partial charge >= 0.3 is 0 Å². The Bertz CT molecular complexity index is 968. The number of anilines is 2. The van der Waals surface area contributed by atoms with Gasteiger partial charge in [0.1, 0.15) is 5.69 Å². The number of fused-ring (bicyclic) bond motifs is 2. The molecule has 0 fully saturated rings. The number of hydrogen-bond donors (Lipinski definition) is 1. The summed E-state index contributed by atoms with van der Waals surface area (Å²) in [5.74, 6) is 0.624. The van der Waals surface area contributed by atoms with Crippen molar-refractivity contribution in [3.63, 3.8) is 0 Å². The van der Waals surface area contributed by atoms with Gasteiger partial charge in [0.05, 0.1) is 10.6 Å². The van der Waals surface area contributed by atoms with Crippen LogP contribution in [0.15, 0.2) is 71.9 Å². The summed E-state index contributed by atoms with van der Waals surface area (Å²) in [5.41, 5.74) is 3.69. The molecule has 0 amide bonds. The molecule has 4 rings (SSSR count). The first-order valence-electron chi connectivity index (χ1n) is 7.37. The maximum absolute atomic E-state index is 11.2. The first-order valence-corrected chi connectivity index (χ1v) is 7.37. The summed E-state index contributed by atoms with van der Waals surface area (Å²) in [4.78, 5) is 19.8. The van der Waals surface area contributed by atoms with Crippen molar-refractivity contribution < 1.29 is 4.92 Å². The summed E-state index contributed by atoms with van der Waals surface area (Å²) in [6.07, 6.45) is 1.68. The average Bonchev–Trinajstić information content (AvgIpc) is 2.78. The molecule has 0 unspecified atom stereocenters. The second kappa shape index (κ2) is 5.58. The van der Waals surface area contributed by atoms with Gasteiger partial charge in [0, 0.05) is 35.1 Å². The smallest absolute Gasteiger partial charge is 0.270 e. The highest BCUT2D eigenvalue weighted by Crippen LogP contribution is 2.35. The standard InChI is InChI=1S/C18H12N4O2/c23-22(24)13-8-9-15-14(11-13)17(12-5-2-1-3-6-12)20-16-7-4-10-19-18(16)21-15/h1-11H,(H,19,21). The topological polar surface area (TPSA) is 80.4 Å². The highest BCUT2D eigenvalue weighted by atomic mass is 16.6. The molecule has 3 aromatic rings. The van der Waals surface area contributed by atoms with E-state index >= 15 is 0 Å². The molecular weight excluding hydrogens is 304 g/mol. The van der Waals surface area contributed by atoms with Crippen LogP contribution in [0.4, 0.5) is 22.9 Å². The van der Waals surface area contributed by atoms with Gasteiger partial charge < -0.3 is 5.32 Å². The first-order chi connectivity index (χ1) is 11.7. The largest absolute Gasteiger partial charge is 0.338 e. The number of hydrogen-bond acceptors (Lipinski definition) is 5. The fraction of sp³-hybridized carbons (Fsp3) is 0. The Hall–Kier alpha value is -3.54. The second-order valence-electron chi connectivity index (χ2n) is 5.31. The Kier molecular flexibility index (Phi) is 3.28. The van der Waals surface area contributed by atoms with Crippen molar-refractivity contribution in [2.75, 3.05) is 5.32 Å². The Morgan fingerprint density at radius 3 is 2.62 bits per heavy atom. The summed E-state index contributed by atoms with van der Waals surface area (Å²) in [5, 5.41) is 14.4. The normalized spacial score (nSPS) is 12.2. The van der Waals surface area contributed by atoms with Crippen LogP contribution in [0.2, 0.25) is 0 Å². The number of nitro benzene ring substituents is 1. The van der Waals surface area contributed by atoms with E-state index in [-0.39, 0.29) is 5.69 Å². The predicted octanol–water partition coefficient (Wildman–Crippen LogP) is 4.22. The van der Waals surface area contributed by atoms with Gasteiger partial charge in [0.15, 0.2) is 5.82 Å². The molecular formula is C18H12N4O2. The zero-order valence-corrected chi connectivity index (χ0v) is 12.5. The Morgan fingerprint density at radius 1 is 1.00 bits per heavy atom. The van der Waals surface area contributed by atoms with Crippen molar-refractivity contribution in [2.45, 2.75) is 0 Å². The third-order valence-corrected chi connectivity index (χ3v) is 3.79. The maximum atomic E-state index is 11.2. The van der Waals surface area contributed by atoms with Crippen LogP contribution in [0.5, 0.6) is 0 Å². The molecule has 1 aliphatic heterocycles. The van der Waals surface area contributed by atoms with Crippen molar-refractivity contribution in [3.8, 4) is 0 Å². The molecule has 1 aromatic heterocycles. The molecule has 0 aliphatic carbocycles. The second-order valence-corrected chi connectivity index (χ2v) is 5.31. The molecule has 0 spiro atoms. The Labute approximate surface area is 137 Å². The minimum Gasteiger partial charge on any atom is -0.338 e. The SMILES string of the molecule is O=[N+]([O-])c1ccc2c(c1)C(c1ccccc1)=Nc1cccnc1N2. The van der Waals surface area contributed by atoms with Crippen molar-refractivity contribution in [2.24, 2.45) is 4.99 Å². The van der Waals surface area contributed by atoms with Crippen molar-refractivity contribution in [1.29, 1.82) is 0 Å². The number of nitrogens with one attached hydrogen (secondary N) is 1. The molecule has 1 N–H and O–H groups in total. The summed E-state index contributed by atoms with van der Waals surface area (Å²) >= 11 is 0. The van der Waals surface area contributed by atoms with E-state index in [1.165, 1.54) is 6.07 Å². The van der Waals surface area contributed by atoms with Gasteiger partial charge in [-0.25, -0.2) is 9.98 Å². The Morgan fingerprint density at radius 2 is 1.83 bits per heavy atom. The number of rotatable bonds is 2. The van der Waals surface area contributed by atoms with Gasteiger partial charge in [0.2, 0.25) is 0 Å². The van der Waals surface area contributed by atoms with Gasteiger partial charge in [-0.3, -0.25) is 10.1 Å².